The zero-order valence-corrected chi connectivity index (χ0v) is 10.2. The van der Waals surface area contributed by atoms with E-state index in [1.807, 2.05) is 6.20 Å². The number of nitrogens with zero attached hydrogens (tertiary/aromatic N) is 2. The molecule has 0 N–H and O–H groups in total. The van der Waals surface area contributed by atoms with E-state index in [-0.39, 0.29) is 0 Å². The van der Waals surface area contributed by atoms with Gasteiger partial charge in [0.15, 0.2) is 0 Å². The van der Waals surface area contributed by atoms with Crippen molar-refractivity contribution in [1.82, 2.24) is 9.80 Å². The molecule has 0 bridgehead atoms. The molecule has 1 aromatic rings. The lowest BCUT2D eigenvalue weighted by atomic mass is 10.1. The third-order valence-electron chi connectivity index (χ3n) is 3.24. The highest BCUT2D eigenvalue weighted by Gasteiger charge is 2.17. The van der Waals surface area contributed by atoms with Crippen molar-refractivity contribution in [2.45, 2.75) is 20.4 Å². The summed E-state index contributed by atoms with van der Waals surface area (Å²) >= 11 is 0. The molecule has 1 aliphatic rings. The standard InChI is InChI=1S/C14H20N2/c1-4-15-7-8-16(11-15)10-14-9-12(2)5-6-13(14)3/h4-6,9H,1,7-8,10-11H2,2-3H3. The van der Waals surface area contributed by atoms with Crippen molar-refractivity contribution in [1.29, 1.82) is 0 Å². The van der Waals surface area contributed by atoms with E-state index in [1.165, 1.54) is 16.7 Å². The summed E-state index contributed by atoms with van der Waals surface area (Å²) in [5, 5.41) is 0. The van der Waals surface area contributed by atoms with Gasteiger partial charge in [0, 0.05) is 19.6 Å². The number of benzene rings is 1. The molecule has 1 fully saturated rings. The Morgan fingerprint density at radius 3 is 2.81 bits per heavy atom. The molecule has 2 nitrogen and oxygen atoms in total. The molecule has 0 saturated carbocycles. The van der Waals surface area contributed by atoms with Gasteiger partial charge in [0.2, 0.25) is 0 Å². The maximum absolute atomic E-state index is 3.82. The molecule has 2 rings (SSSR count). The first-order chi connectivity index (χ1) is 7.69. The highest BCUT2D eigenvalue weighted by molar-refractivity contribution is 5.30. The second-order valence-corrected chi connectivity index (χ2v) is 4.62. The smallest absolute Gasteiger partial charge is 0.0705 e. The van der Waals surface area contributed by atoms with Crippen LogP contribution >= 0.6 is 0 Å². The summed E-state index contributed by atoms with van der Waals surface area (Å²) in [7, 11) is 0. The average Bonchev–Trinajstić information content (AvgIpc) is 2.71. The molecule has 0 unspecified atom stereocenters. The molecule has 2 heteroatoms. The number of aryl methyl sites for hydroxylation is 2. The van der Waals surface area contributed by atoms with Gasteiger partial charge in [-0.3, -0.25) is 4.90 Å². The predicted molar refractivity (Wildman–Crippen MR) is 68.1 cm³/mol. The van der Waals surface area contributed by atoms with E-state index >= 15 is 0 Å². The van der Waals surface area contributed by atoms with Gasteiger partial charge >= 0.3 is 0 Å². The second kappa shape index (κ2) is 4.71. The zero-order valence-electron chi connectivity index (χ0n) is 10.2. The van der Waals surface area contributed by atoms with Gasteiger partial charge in [-0.15, -0.1) is 0 Å². The maximum atomic E-state index is 3.82. The minimum atomic E-state index is 1.01. The summed E-state index contributed by atoms with van der Waals surface area (Å²) < 4.78 is 0. The van der Waals surface area contributed by atoms with Gasteiger partial charge in [0.1, 0.15) is 0 Å². The van der Waals surface area contributed by atoms with Crippen LogP contribution in [-0.4, -0.2) is 29.6 Å². The second-order valence-electron chi connectivity index (χ2n) is 4.62. The van der Waals surface area contributed by atoms with Crippen LogP contribution < -0.4 is 0 Å². The Kier molecular flexibility index (Phi) is 3.30. The third-order valence-corrected chi connectivity index (χ3v) is 3.24. The van der Waals surface area contributed by atoms with E-state index in [2.05, 4.69) is 48.4 Å². The van der Waals surface area contributed by atoms with E-state index in [4.69, 9.17) is 0 Å². The largest absolute Gasteiger partial charge is 0.364 e. The van der Waals surface area contributed by atoms with Crippen LogP contribution in [0.1, 0.15) is 16.7 Å². The average molecular weight is 216 g/mol. The highest BCUT2D eigenvalue weighted by Crippen LogP contribution is 2.15. The van der Waals surface area contributed by atoms with E-state index in [0.29, 0.717) is 0 Å². The summed E-state index contributed by atoms with van der Waals surface area (Å²) in [6.45, 7) is 12.5. The van der Waals surface area contributed by atoms with E-state index in [9.17, 15) is 0 Å². The quantitative estimate of drug-likeness (QED) is 0.766. The molecule has 1 saturated heterocycles. The molecule has 0 atom stereocenters. The number of hydrogen-bond acceptors (Lipinski definition) is 2. The fraction of sp³-hybridized carbons (Fsp3) is 0.429. The van der Waals surface area contributed by atoms with Crippen LogP contribution in [0.3, 0.4) is 0 Å². The monoisotopic (exact) mass is 216 g/mol. The molecule has 0 radical (unpaired) electrons. The molecule has 86 valence electrons. The Bertz CT molecular complexity index is 384. The molecule has 0 amide bonds. The summed E-state index contributed by atoms with van der Waals surface area (Å²) in [6.07, 6.45) is 1.93. The van der Waals surface area contributed by atoms with E-state index < -0.39 is 0 Å². The van der Waals surface area contributed by atoms with Gasteiger partial charge in [0.05, 0.1) is 6.67 Å². The summed E-state index contributed by atoms with van der Waals surface area (Å²) in [6, 6.07) is 6.69. The van der Waals surface area contributed by atoms with Gasteiger partial charge in [-0.05, 0) is 31.2 Å². The Labute approximate surface area is 98.2 Å². The van der Waals surface area contributed by atoms with Crippen LogP contribution in [0.15, 0.2) is 31.0 Å². The molecule has 1 aromatic carbocycles. The normalized spacial score (nSPS) is 16.8. The van der Waals surface area contributed by atoms with Crippen LogP contribution in [0.2, 0.25) is 0 Å². The molecule has 0 spiro atoms. The van der Waals surface area contributed by atoms with Crippen molar-refractivity contribution >= 4 is 0 Å². The lowest BCUT2D eigenvalue weighted by Gasteiger charge is -2.17. The predicted octanol–water partition coefficient (Wildman–Crippen LogP) is 2.52. The summed E-state index contributed by atoms with van der Waals surface area (Å²) in [4.78, 5) is 4.72. The summed E-state index contributed by atoms with van der Waals surface area (Å²) in [5.41, 5.74) is 4.19. The first kappa shape index (κ1) is 11.2. The molecular formula is C14H20N2. The van der Waals surface area contributed by atoms with Crippen LogP contribution in [-0.2, 0) is 6.54 Å². The third kappa shape index (κ3) is 2.45. The van der Waals surface area contributed by atoms with Gasteiger partial charge in [0.25, 0.3) is 0 Å². The Morgan fingerprint density at radius 1 is 1.31 bits per heavy atom. The van der Waals surface area contributed by atoms with Crippen LogP contribution in [0.25, 0.3) is 0 Å². The van der Waals surface area contributed by atoms with Gasteiger partial charge in [-0.25, -0.2) is 0 Å². The lowest BCUT2D eigenvalue weighted by molar-refractivity contribution is 0.282. The zero-order chi connectivity index (χ0) is 11.5. The number of hydrogen-bond donors (Lipinski definition) is 0. The molecule has 16 heavy (non-hydrogen) atoms. The van der Waals surface area contributed by atoms with E-state index in [0.717, 1.165) is 26.3 Å². The molecule has 1 aliphatic heterocycles. The van der Waals surface area contributed by atoms with Gasteiger partial charge in [-0.1, -0.05) is 30.3 Å². The maximum Gasteiger partial charge on any atom is 0.0705 e. The minimum absolute atomic E-state index is 1.01. The summed E-state index contributed by atoms with van der Waals surface area (Å²) in [5.74, 6) is 0. The van der Waals surface area contributed by atoms with E-state index in [1.54, 1.807) is 0 Å². The molecular weight excluding hydrogens is 196 g/mol. The van der Waals surface area contributed by atoms with Crippen molar-refractivity contribution < 1.29 is 0 Å². The number of rotatable bonds is 3. The molecule has 1 heterocycles. The minimum Gasteiger partial charge on any atom is -0.364 e. The Hall–Kier alpha value is -1.28. The van der Waals surface area contributed by atoms with Gasteiger partial charge in [-0.2, -0.15) is 0 Å². The van der Waals surface area contributed by atoms with Crippen molar-refractivity contribution in [2.24, 2.45) is 0 Å². The van der Waals surface area contributed by atoms with Crippen LogP contribution in [0.5, 0.6) is 0 Å². The topological polar surface area (TPSA) is 6.48 Å². The fourth-order valence-electron chi connectivity index (χ4n) is 2.16. The SMILES string of the molecule is C=CN1CCN(Cc2cc(C)ccc2C)C1. The van der Waals surface area contributed by atoms with Crippen LogP contribution in [0, 0.1) is 13.8 Å². The molecule has 0 aromatic heterocycles. The van der Waals surface area contributed by atoms with Crippen molar-refractivity contribution in [3.63, 3.8) is 0 Å². The highest BCUT2D eigenvalue weighted by atomic mass is 15.4. The Morgan fingerprint density at radius 2 is 2.12 bits per heavy atom. The fourth-order valence-corrected chi connectivity index (χ4v) is 2.16. The van der Waals surface area contributed by atoms with Gasteiger partial charge < -0.3 is 4.90 Å². The van der Waals surface area contributed by atoms with Crippen molar-refractivity contribution in [3.8, 4) is 0 Å². The molecule has 0 aliphatic carbocycles. The van der Waals surface area contributed by atoms with Crippen molar-refractivity contribution in [3.05, 3.63) is 47.7 Å². The Balaban J connectivity index is 2.04. The first-order valence-electron chi connectivity index (χ1n) is 5.84. The lowest BCUT2D eigenvalue weighted by Crippen LogP contribution is -2.22. The van der Waals surface area contributed by atoms with Crippen LogP contribution in [0.4, 0.5) is 0 Å². The first-order valence-corrected chi connectivity index (χ1v) is 5.84. The van der Waals surface area contributed by atoms with Crippen molar-refractivity contribution in [2.75, 3.05) is 19.8 Å².